The molecule has 0 amide bonds. The number of rotatable bonds is 70. The van der Waals surface area contributed by atoms with Crippen LogP contribution in [0.25, 0.3) is 0 Å². The molecule has 0 rings (SSSR count). The lowest BCUT2D eigenvalue weighted by Gasteiger charge is -2.21. The summed E-state index contributed by atoms with van der Waals surface area (Å²) in [6.45, 7) is 4.29. The maximum absolute atomic E-state index is 13.1. The molecule has 0 aromatic heterocycles. The van der Waals surface area contributed by atoms with Crippen LogP contribution in [0.2, 0.25) is 0 Å². The summed E-state index contributed by atoms with van der Waals surface area (Å²) < 4.78 is 68.3. The van der Waals surface area contributed by atoms with E-state index in [9.17, 15) is 43.2 Å². The van der Waals surface area contributed by atoms with E-state index in [-0.39, 0.29) is 25.7 Å². The Morgan fingerprint density at radius 1 is 0.294 bits per heavy atom. The predicted octanol–water partition coefficient (Wildman–Crippen LogP) is 22.2. The summed E-state index contributed by atoms with van der Waals surface area (Å²) in [5.74, 6) is -2.41. The Kier molecular flexibility index (Phi) is 69.7. The van der Waals surface area contributed by atoms with Gasteiger partial charge in [-0.15, -0.1) is 0 Å². The number of allylic oxidation sites excluding steroid dienone is 27. The highest BCUT2D eigenvalue weighted by Gasteiger charge is 2.30. The number of aliphatic hydroxyl groups is 1. The van der Waals surface area contributed by atoms with Crippen LogP contribution < -0.4 is 0 Å². The molecule has 102 heavy (non-hydrogen) atoms. The Morgan fingerprint density at radius 3 is 0.892 bits per heavy atom. The smallest absolute Gasteiger partial charge is 0.462 e. The molecule has 578 valence electrons. The molecule has 5 unspecified atom stereocenters. The Hall–Kier alpha value is -5.58. The van der Waals surface area contributed by atoms with Crippen LogP contribution in [-0.2, 0) is 65.4 Å². The quantitative estimate of drug-likeness (QED) is 0.0169. The first-order chi connectivity index (χ1) is 49.7. The average molecular weight is 1470 g/mol. The molecular weight excluding hydrogens is 1330 g/mol. The molecule has 0 aliphatic rings. The summed E-state index contributed by atoms with van der Waals surface area (Å²) in [5, 5.41) is 10.6. The van der Waals surface area contributed by atoms with Crippen molar-refractivity contribution in [2.75, 3.05) is 39.6 Å². The van der Waals surface area contributed by atoms with E-state index in [1.807, 2.05) is 18.2 Å². The minimum absolute atomic E-state index is 0.0320. The first kappa shape index (κ1) is 96.4. The Balaban J connectivity index is 5.49. The monoisotopic (exact) mass is 1460 g/mol. The molecule has 0 heterocycles. The normalized spacial score (nSPS) is 14.9. The molecule has 0 saturated carbocycles. The van der Waals surface area contributed by atoms with E-state index in [0.717, 1.165) is 167 Å². The molecule has 0 aliphatic carbocycles. The fourth-order valence-corrected chi connectivity index (χ4v) is 11.0. The standard InChI is InChI=1S/C83H134O17P2/c1-5-9-13-17-21-25-29-33-37-38-42-44-48-52-56-60-64-68-81(86)94-74-79(100-83(88)70-66-62-58-54-50-46-41-36-32-28-24-20-16-12-8-4)76-98-102(91,92)96-72-77(84)71-95-101(89,90)97-75-78(99-82(87)69-65-61-57-53-49-45-40-35-31-27-23-19-15-11-7-3)73-93-80(85)67-63-59-55-51-47-43-39-34-30-26-22-18-14-10-6-2/h9-10,12-14,16,21-28,33-37,39-41,47,50-51,54,59,63,77-79,84H,5-8,11,15,17-20,29-32,38,42-46,48-49,52-53,55-58,60-62,64-76H2,1-4H3,(H,89,90)(H,91,92)/b13-9-,14-10-,16-12-,25-21-,26-22-,27-23-,28-24-,37-33-,39-34-,40-35-,41-36-,51-47-,54-50-,63-59-. The second-order valence-electron chi connectivity index (χ2n) is 24.8. The number of aliphatic hydroxyl groups excluding tert-OH is 1. The number of ether oxygens (including phenoxy) is 4. The lowest BCUT2D eigenvalue weighted by molar-refractivity contribution is -0.161. The van der Waals surface area contributed by atoms with Gasteiger partial charge in [0.05, 0.1) is 32.8 Å². The van der Waals surface area contributed by atoms with Gasteiger partial charge in [0, 0.05) is 19.3 Å². The third kappa shape index (κ3) is 72.8. The summed E-state index contributed by atoms with van der Waals surface area (Å²) >= 11 is 0. The van der Waals surface area contributed by atoms with Crippen LogP contribution in [0.15, 0.2) is 170 Å². The molecule has 0 spiro atoms. The zero-order valence-electron chi connectivity index (χ0n) is 63.0. The predicted molar refractivity (Wildman–Crippen MR) is 417 cm³/mol. The van der Waals surface area contributed by atoms with Gasteiger partial charge in [0.2, 0.25) is 0 Å². The van der Waals surface area contributed by atoms with Crippen LogP contribution >= 0.6 is 15.6 Å². The van der Waals surface area contributed by atoms with Gasteiger partial charge in [-0.05, 0) is 154 Å². The highest BCUT2D eigenvalue weighted by Crippen LogP contribution is 2.45. The summed E-state index contributed by atoms with van der Waals surface area (Å²) in [7, 11) is -10.0. The molecule has 0 fully saturated rings. The Bertz CT molecular complexity index is 2600. The lowest BCUT2D eigenvalue weighted by atomic mass is 10.1. The van der Waals surface area contributed by atoms with Crippen LogP contribution in [0.4, 0.5) is 0 Å². The van der Waals surface area contributed by atoms with Crippen molar-refractivity contribution in [1.29, 1.82) is 0 Å². The summed E-state index contributed by atoms with van der Waals surface area (Å²) in [4.78, 5) is 72.9. The first-order valence-electron chi connectivity index (χ1n) is 38.4. The fourth-order valence-electron chi connectivity index (χ4n) is 9.44. The number of carbonyl (C=O) groups is 4. The van der Waals surface area contributed by atoms with E-state index < -0.39 is 97.5 Å². The van der Waals surface area contributed by atoms with Gasteiger partial charge in [0.1, 0.15) is 19.3 Å². The van der Waals surface area contributed by atoms with Gasteiger partial charge in [-0.1, -0.05) is 262 Å². The van der Waals surface area contributed by atoms with Gasteiger partial charge in [-0.3, -0.25) is 37.3 Å². The minimum Gasteiger partial charge on any atom is -0.462 e. The van der Waals surface area contributed by atoms with Crippen LogP contribution in [0, 0.1) is 0 Å². The molecule has 0 bridgehead atoms. The topological polar surface area (TPSA) is 237 Å². The van der Waals surface area contributed by atoms with Gasteiger partial charge < -0.3 is 33.8 Å². The van der Waals surface area contributed by atoms with Crippen molar-refractivity contribution in [3.63, 3.8) is 0 Å². The largest absolute Gasteiger partial charge is 0.472 e. The van der Waals surface area contributed by atoms with E-state index in [0.29, 0.717) is 32.1 Å². The molecule has 0 radical (unpaired) electrons. The van der Waals surface area contributed by atoms with E-state index in [1.165, 1.54) is 19.3 Å². The van der Waals surface area contributed by atoms with Crippen molar-refractivity contribution >= 4 is 39.5 Å². The zero-order valence-corrected chi connectivity index (χ0v) is 64.8. The number of phosphoric ester groups is 2. The molecule has 0 aromatic carbocycles. The number of hydrogen-bond acceptors (Lipinski definition) is 15. The zero-order chi connectivity index (χ0) is 74.6. The maximum Gasteiger partial charge on any atom is 0.472 e. The third-order valence-electron chi connectivity index (χ3n) is 15.2. The number of unbranched alkanes of at least 4 members (excludes halogenated alkanes) is 17. The number of hydrogen-bond donors (Lipinski definition) is 3. The Morgan fingerprint density at radius 2 is 0.549 bits per heavy atom. The second-order valence-corrected chi connectivity index (χ2v) is 27.7. The molecule has 19 heteroatoms. The molecule has 17 nitrogen and oxygen atoms in total. The minimum atomic E-state index is -5.01. The molecule has 0 aliphatic heterocycles. The molecule has 3 N–H and O–H groups in total. The van der Waals surface area contributed by atoms with E-state index in [4.69, 9.17) is 37.0 Å². The van der Waals surface area contributed by atoms with Gasteiger partial charge >= 0.3 is 39.5 Å². The second kappa shape index (κ2) is 73.7. The van der Waals surface area contributed by atoms with Crippen molar-refractivity contribution < 1.29 is 80.2 Å². The fraction of sp³-hybridized carbons (Fsp3) is 0.614. The van der Waals surface area contributed by atoms with Crippen molar-refractivity contribution in [2.45, 2.75) is 290 Å². The van der Waals surface area contributed by atoms with Crippen LogP contribution in [0.3, 0.4) is 0 Å². The van der Waals surface area contributed by atoms with Gasteiger partial charge in [-0.25, -0.2) is 9.13 Å². The SMILES string of the molecule is CC/C=C\C/C=C\C/C=C\C/C=C\C/C=C\CC(=O)OCC(COP(=O)(O)OCC(O)COP(=O)(O)OCC(COC(=O)CCCCCCCCC/C=C\C/C=C\C/C=C\CC)OC(=O)CCCC/C=C\C/C=C\C/C=C\C/C=C\CC)OC(=O)CCCCCCC/C=C\C/C=C\CCCCC. The van der Waals surface area contributed by atoms with Gasteiger partial charge in [0.25, 0.3) is 0 Å². The number of esters is 4. The van der Waals surface area contributed by atoms with Crippen molar-refractivity contribution in [2.24, 2.45) is 0 Å². The number of phosphoric acid groups is 2. The van der Waals surface area contributed by atoms with Crippen LogP contribution in [0.5, 0.6) is 0 Å². The molecule has 0 aromatic rings. The number of carbonyl (C=O) groups excluding carboxylic acids is 4. The molecule has 0 saturated heterocycles. The molecule has 5 atom stereocenters. The van der Waals surface area contributed by atoms with Crippen molar-refractivity contribution in [3.05, 3.63) is 170 Å². The van der Waals surface area contributed by atoms with Crippen molar-refractivity contribution in [3.8, 4) is 0 Å². The van der Waals surface area contributed by atoms with E-state index in [2.05, 4.69) is 174 Å². The summed E-state index contributed by atoms with van der Waals surface area (Å²) in [6.07, 6.45) is 86.6. The van der Waals surface area contributed by atoms with Crippen LogP contribution in [0.1, 0.15) is 272 Å². The summed E-state index contributed by atoms with van der Waals surface area (Å²) in [6, 6.07) is 0. The first-order valence-corrected chi connectivity index (χ1v) is 41.4. The van der Waals surface area contributed by atoms with E-state index in [1.54, 1.807) is 6.08 Å². The van der Waals surface area contributed by atoms with Crippen molar-refractivity contribution in [1.82, 2.24) is 0 Å². The lowest BCUT2D eigenvalue weighted by Crippen LogP contribution is -2.30. The van der Waals surface area contributed by atoms with E-state index >= 15 is 0 Å². The van der Waals surface area contributed by atoms with Crippen LogP contribution in [-0.4, -0.2) is 96.7 Å². The highest BCUT2D eigenvalue weighted by molar-refractivity contribution is 7.47. The maximum atomic E-state index is 13.1. The van der Waals surface area contributed by atoms with Gasteiger partial charge in [-0.2, -0.15) is 0 Å². The third-order valence-corrected chi connectivity index (χ3v) is 17.1. The summed E-state index contributed by atoms with van der Waals surface area (Å²) in [5.41, 5.74) is 0. The van der Waals surface area contributed by atoms with Gasteiger partial charge in [0.15, 0.2) is 12.2 Å². The highest BCUT2D eigenvalue weighted by atomic mass is 31.2. The Labute approximate surface area is 616 Å². The average Bonchev–Trinajstić information content (AvgIpc) is 0.926. The molecular formula is C83H134O17P2.